The number of anilines is 1. The van der Waals surface area contributed by atoms with Crippen LogP contribution in [0.5, 0.6) is 0 Å². The average molecular weight is 379 g/mol. The molecule has 27 heavy (non-hydrogen) atoms. The number of imidazole rings is 1. The Morgan fingerprint density at radius 1 is 1.30 bits per heavy atom. The second kappa shape index (κ2) is 6.38. The quantitative estimate of drug-likeness (QED) is 0.580. The molecule has 0 radical (unpaired) electrons. The molecule has 0 saturated heterocycles. The molecule has 0 aliphatic heterocycles. The minimum atomic E-state index is -0.567. The average Bonchev–Trinajstić information content (AvgIpc) is 3.04. The van der Waals surface area contributed by atoms with Gasteiger partial charge in [0.15, 0.2) is 5.65 Å². The van der Waals surface area contributed by atoms with Gasteiger partial charge in [0.2, 0.25) is 0 Å². The largest absolute Gasteiger partial charge is 0.361 e. The van der Waals surface area contributed by atoms with Gasteiger partial charge in [-0.15, -0.1) is 0 Å². The van der Waals surface area contributed by atoms with Crippen LogP contribution in [-0.2, 0) is 0 Å². The van der Waals surface area contributed by atoms with Gasteiger partial charge in [0.05, 0.1) is 26.8 Å². The number of benzene rings is 2. The predicted octanol–water partition coefficient (Wildman–Crippen LogP) is 3.39. The molecule has 0 aliphatic carbocycles. The SMILES string of the molecule is Cc1c(C#N)c2nc3ccccc3n2c(=O)/c1=C\Nc1ccc(Cl)c(F)c1. The lowest BCUT2D eigenvalue weighted by atomic mass is 10.1. The van der Waals surface area contributed by atoms with Crippen molar-refractivity contribution in [2.24, 2.45) is 0 Å². The highest BCUT2D eigenvalue weighted by Crippen LogP contribution is 2.19. The highest BCUT2D eigenvalue weighted by Gasteiger charge is 2.15. The Balaban J connectivity index is 2.00. The van der Waals surface area contributed by atoms with Gasteiger partial charge >= 0.3 is 0 Å². The standard InChI is InChI=1S/C20H12ClFN4O/c1-11-13(9-23)19-25-17-4-2-3-5-18(17)26(19)20(27)14(11)10-24-12-6-7-15(21)16(22)8-12/h2-8,10,24H,1H3/b14-10-. The molecular weight excluding hydrogens is 367 g/mol. The van der Waals surface area contributed by atoms with Gasteiger partial charge in [-0.05, 0) is 42.8 Å². The van der Waals surface area contributed by atoms with E-state index in [0.717, 1.165) is 0 Å². The molecule has 1 N–H and O–H groups in total. The van der Waals surface area contributed by atoms with Crippen molar-refractivity contribution in [2.75, 3.05) is 5.32 Å². The van der Waals surface area contributed by atoms with E-state index in [2.05, 4.69) is 16.4 Å². The van der Waals surface area contributed by atoms with Crippen LogP contribution < -0.4 is 16.1 Å². The van der Waals surface area contributed by atoms with Gasteiger partial charge in [0.25, 0.3) is 5.56 Å². The Morgan fingerprint density at radius 2 is 2.07 bits per heavy atom. The highest BCUT2D eigenvalue weighted by molar-refractivity contribution is 6.30. The summed E-state index contributed by atoms with van der Waals surface area (Å²) >= 11 is 5.69. The maximum atomic E-state index is 13.6. The Morgan fingerprint density at radius 3 is 2.81 bits per heavy atom. The van der Waals surface area contributed by atoms with Gasteiger partial charge < -0.3 is 5.32 Å². The summed E-state index contributed by atoms with van der Waals surface area (Å²) in [5.41, 5.74) is 2.54. The molecule has 7 heteroatoms. The summed E-state index contributed by atoms with van der Waals surface area (Å²) in [5.74, 6) is -0.567. The minimum absolute atomic E-state index is 0.0133. The Labute approximate surface area is 157 Å². The molecule has 5 nitrogen and oxygen atoms in total. The zero-order valence-corrected chi connectivity index (χ0v) is 14.9. The smallest absolute Gasteiger partial charge is 0.265 e. The molecule has 0 unspecified atom stereocenters. The highest BCUT2D eigenvalue weighted by atomic mass is 35.5. The number of halogens is 2. The molecule has 2 aromatic carbocycles. The first kappa shape index (κ1) is 17.0. The maximum Gasteiger partial charge on any atom is 0.265 e. The number of pyridine rings is 1. The predicted molar refractivity (Wildman–Crippen MR) is 103 cm³/mol. The number of nitriles is 1. The number of hydrogen-bond acceptors (Lipinski definition) is 4. The molecule has 0 atom stereocenters. The van der Waals surface area contributed by atoms with E-state index in [9.17, 15) is 14.4 Å². The third-order valence-corrected chi connectivity index (χ3v) is 4.72. The van der Waals surface area contributed by atoms with Crippen LogP contribution in [0.2, 0.25) is 5.02 Å². The lowest BCUT2D eigenvalue weighted by molar-refractivity contribution is 0.629. The zero-order chi connectivity index (χ0) is 19.1. The summed E-state index contributed by atoms with van der Waals surface area (Å²) in [6.45, 7) is 1.69. The molecule has 2 aromatic heterocycles. The van der Waals surface area contributed by atoms with Gasteiger partial charge in [0.1, 0.15) is 11.9 Å². The van der Waals surface area contributed by atoms with E-state index < -0.39 is 5.82 Å². The van der Waals surface area contributed by atoms with E-state index in [0.29, 0.717) is 38.7 Å². The van der Waals surface area contributed by atoms with Gasteiger partial charge in [-0.3, -0.25) is 9.20 Å². The van der Waals surface area contributed by atoms with E-state index in [1.54, 1.807) is 31.2 Å². The summed E-state index contributed by atoms with van der Waals surface area (Å²) in [4.78, 5) is 17.5. The molecule has 0 amide bonds. The van der Waals surface area contributed by atoms with E-state index >= 15 is 0 Å². The van der Waals surface area contributed by atoms with Crippen LogP contribution in [0.15, 0.2) is 47.3 Å². The van der Waals surface area contributed by atoms with Gasteiger partial charge in [0, 0.05) is 11.9 Å². The second-order valence-corrected chi connectivity index (χ2v) is 6.41. The summed E-state index contributed by atoms with van der Waals surface area (Å²) in [6, 6.07) is 13.6. The first-order valence-corrected chi connectivity index (χ1v) is 8.44. The van der Waals surface area contributed by atoms with Gasteiger partial charge in [-0.25, -0.2) is 9.37 Å². The number of rotatable bonds is 2. The fourth-order valence-electron chi connectivity index (χ4n) is 3.03. The fourth-order valence-corrected chi connectivity index (χ4v) is 3.15. The fraction of sp³-hybridized carbons (Fsp3) is 0.0500. The summed E-state index contributed by atoms with van der Waals surface area (Å²) in [7, 11) is 0. The number of nitrogens with one attached hydrogen (secondary N) is 1. The van der Waals surface area contributed by atoms with Gasteiger partial charge in [-0.2, -0.15) is 5.26 Å². The van der Waals surface area contributed by atoms with E-state index in [4.69, 9.17) is 11.6 Å². The lowest BCUT2D eigenvalue weighted by Crippen LogP contribution is -2.34. The number of para-hydroxylation sites is 2. The van der Waals surface area contributed by atoms with Crippen LogP contribution in [-0.4, -0.2) is 9.38 Å². The summed E-state index contributed by atoms with van der Waals surface area (Å²) in [6.07, 6.45) is 1.47. The number of nitrogens with zero attached hydrogens (tertiary/aromatic N) is 3. The molecule has 2 heterocycles. The first-order valence-electron chi connectivity index (χ1n) is 8.07. The Bertz CT molecular complexity index is 1370. The van der Waals surface area contributed by atoms with Crippen molar-refractivity contribution in [3.63, 3.8) is 0 Å². The minimum Gasteiger partial charge on any atom is -0.361 e. The van der Waals surface area contributed by atoms with E-state index in [1.807, 2.05) is 6.07 Å². The van der Waals surface area contributed by atoms with Crippen LogP contribution in [0.3, 0.4) is 0 Å². The van der Waals surface area contributed by atoms with Gasteiger partial charge in [-0.1, -0.05) is 23.7 Å². The normalized spacial score (nSPS) is 11.9. The van der Waals surface area contributed by atoms with Crippen LogP contribution in [0.4, 0.5) is 10.1 Å². The molecule has 4 rings (SSSR count). The zero-order valence-electron chi connectivity index (χ0n) is 14.1. The third kappa shape index (κ3) is 2.69. The lowest BCUT2D eigenvalue weighted by Gasteiger charge is -2.05. The number of aromatic nitrogens is 2. The van der Waals surface area contributed by atoms with Crippen LogP contribution >= 0.6 is 11.6 Å². The van der Waals surface area contributed by atoms with Crippen molar-refractivity contribution < 1.29 is 4.39 Å². The van der Waals surface area contributed by atoms with Crippen LogP contribution in [0.25, 0.3) is 22.9 Å². The van der Waals surface area contributed by atoms with Crippen molar-refractivity contribution in [1.29, 1.82) is 5.26 Å². The van der Waals surface area contributed by atoms with Crippen LogP contribution in [0, 0.1) is 24.1 Å². The molecule has 0 bridgehead atoms. The summed E-state index contributed by atoms with van der Waals surface area (Å²) < 4.78 is 15.0. The topological polar surface area (TPSA) is 70.2 Å². The second-order valence-electron chi connectivity index (χ2n) is 6.01. The van der Waals surface area contributed by atoms with E-state index in [1.165, 1.54) is 22.7 Å². The van der Waals surface area contributed by atoms with Crippen molar-refractivity contribution in [3.8, 4) is 6.07 Å². The number of hydrogen-bond donors (Lipinski definition) is 1. The summed E-state index contributed by atoms with van der Waals surface area (Å²) in [5, 5.41) is 12.8. The van der Waals surface area contributed by atoms with Crippen LogP contribution in [0.1, 0.15) is 11.1 Å². The Kier molecular flexibility index (Phi) is 4.02. The third-order valence-electron chi connectivity index (χ3n) is 4.41. The molecule has 0 fully saturated rings. The number of fused-ring (bicyclic) bond motifs is 3. The Hall–Kier alpha value is -3.43. The molecule has 0 spiro atoms. The molecule has 132 valence electrons. The van der Waals surface area contributed by atoms with Crippen molar-refractivity contribution in [1.82, 2.24) is 9.38 Å². The molecular formula is C20H12ClFN4O. The van der Waals surface area contributed by atoms with Crippen molar-refractivity contribution in [2.45, 2.75) is 6.92 Å². The monoisotopic (exact) mass is 378 g/mol. The maximum absolute atomic E-state index is 13.6. The molecule has 0 saturated carbocycles. The molecule has 4 aromatic rings. The van der Waals surface area contributed by atoms with E-state index in [-0.39, 0.29) is 10.6 Å². The first-order chi connectivity index (χ1) is 13.0. The molecule has 0 aliphatic rings. The van der Waals surface area contributed by atoms with Crippen molar-refractivity contribution in [3.05, 3.63) is 80.0 Å². The van der Waals surface area contributed by atoms with Crippen molar-refractivity contribution >= 4 is 40.2 Å².